The number of aliphatic carboxylic acids is 1. The molecule has 68 valence electrons. The van der Waals surface area contributed by atoms with Crippen LogP contribution in [0.15, 0.2) is 24.8 Å². The van der Waals surface area contributed by atoms with E-state index in [1.54, 1.807) is 6.92 Å². The summed E-state index contributed by atoms with van der Waals surface area (Å²) >= 11 is 0. The van der Waals surface area contributed by atoms with Crippen LogP contribution in [0.3, 0.4) is 0 Å². The fraction of sp³-hybridized carbons (Fsp3) is 0.100. The van der Waals surface area contributed by atoms with Crippen molar-refractivity contribution in [2.24, 2.45) is 0 Å². The van der Waals surface area contributed by atoms with Gasteiger partial charge >= 0.3 is 5.97 Å². The van der Waals surface area contributed by atoms with Gasteiger partial charge in [0.05, 0.1) is 5.57 Å². The molecule has 1 aromatic rings. The lowest BCUT2D eigenvalue weighted by atomic mass is 10.1. The maximum Gasteiger partial charge on any atom is 0.335 e. The molecule has 0 saturated heterocycles. The van der Waals surface area contributed by atoms with Crippen molar-refractivity contribution in [1.82, 2.24) is 0 Å². The summed E-state index contributed by atoms with van der Waals surface area (Å²) in [5, 5.41) is 8.60. The normalized spacial score (nSPS) is 9.69. The lowest BCUT2D eigenvalue weighted by Crippen LogP contribution is -1.98. The molecule has 0 atom stereocenters. The molecule has 0 spiro atoms. The lowest BCUT2D eigenvalue weighted by molar-refractivity contribution is -0.130. The van der Waals surface area contributed by atoms with E-state index in [0.29, 0.717) is 11.1 Å². The summed E-state index contributed by atoms with van der Waals surface area (Å²) in [5.41, 5.74) is 0.828. The zero-order chi connectivity index (χ0) is 10.0. The van der Waals surface area contributed by atoms with Crippen LogP contribution < -0.4 is 0 Å². The first-order valence-electron chi connectivity index (χ1n) is 3.71. The van der Waals surface area contributed by atoms with Gasteiger partial charge in [-0.1, -0.05) is 12.6 Å². The maximum atomic E-state index is 12.8. The molecule has 2 nitrogen and oxygen atoms in total. The largest absolute Gasteiger partial charge is 0.478 e. The SMILES string of the molecule is C=C(C(=O)O)c1ccc(F)c(C)c1. The van der Waals surface area contributed by atoms with E-state index in [4.69, 9.17) is 5.11 Å². The molecular formula is C10H9FO2. The second kappa shape index (κ2) is 3.39. The molecular weight excluding hydrogens is 171 g/mol. The van der Waals surface area contributed by atoms with Gasteiger partial charge in [-0.3, -0.25) is 0 Å². The summed E-state index contributed by atoms with van der Waals surface area (Å²) in [6.07, 6.45) is 0. The van der Waals surface area contributed by atoms with E-state index in [1.807, 2.05) is 0 Å². The molecule has 0 bridgehead atoms. The van der Waals surface area contributed by atoms with Gasteiger partial charge in [-0.25, -0.2) is 9.18 Å². The van der Waals surface area contributed by atoms with Gasteiger partial charge < -0.3 is 5.11 Å². The molecule has 0 fully saturated rings. The molecule has 1 aromatic carbocycles. The van der Waals surface area contributed by atoms with Crippen LogP contribution >= 0.6 is 0 Å². The number of aryl methyl sites for hydroxylation is 1. The summed E-state index contributed by atoms with van der Waals surface area (Å²) in [4.78, 5) is 10.5. The molecule has 0 aliphatic rings. The van der Waals surface area contributed by atoms with Crippen LogP contribution in [0.4, 0.5) is 4.39 Å². The number of halogens is 1. The van der Waals surface area contributed by atoms with Crippen molar-refractivity contribution in [3.63, 3.8) is 0 Å². The average Bonchev–Trinajstić information content (AvgIpc) is 2.08. The van der Waals surface area contributed by atoms with E-state index in [0.717, 1.165) is 0 Å². The number of carboxylic acid groups (broad SMARTS) is 1. The Labute approximate surface area is 75.3 Å². The topological polar surface area (TPSA) is 37.3 Å². The Morgan fingerprint density at radius 1 is 1.54 bits per heavy atom. The minimum Gasteiger partial charge on any atom is -0.478 e. The van der Waals surface area contributed by atoms with Crippen LogP contribution in [0.2, 0.25) is 0 Å². The quantitative estimate of drug-likeness (QED) is 0.708. The van der Waals surface area contributed by atoms with Crippen molar-refractivity contribution >= 4 is 11.5 Å². The fourth-order valence-electron chi connectivity index (χ4n) is 0.956. The standard InChI is InChI=1S/C10H9FO2/c1-6-5-8(3-4-9(6)11)7(2)10(12)13/h3-5H,2H2,1H3,(H,12,13). The van der Waals surface area contributed by atoms with Gasteiger partial charge in [0.2, 0.25) is 0 Å². The minimum atomic E-state index is -1.09. The number of carbonyl (C=O) groups is 1. The summed E-state index contributed by atoms with van der Waals surface area (Å²) in [6, 6.07) is 4.10. The van der Waals surface area contributed by atoms with Crippen LogP contribution in [0, 0.1) is 12.7 Å². The summed E-state index contributed by atoms with van der Waals surface area (Å²) in [7, 11) is 0. The molecule has 0 aliphatic heterocycles. The first-order valence-corrected chi connectivity index (χ1v) is 3.71. The summed E-state index contributed by atoms with van der Waals surface area (Å²) < 4.78 is 12.8. The third-order valence-corrected chi connectivity index (χ3v) is 1.76. The molecule has 0 amide bonds. The Morgan fingerprint density at radius 3 is 2.62 bits per heavy atom. The highest BCUT2D eigenvalue weighted by molar-refractivity contribution is 6.14. The van der Waals surface area contributed by atoms with Crippen molar-refractivity contribution in [3.8, 4) is 0 Å². The van der Waals surface area contributed by atoms with Gasteiger partial charge in [0.25, 0.3) is 0 Å². The highest BCUT2D eigenvalue weighted by atomic mass is 19.1. The predicted octanol–water partition coefficient (Wildman–Crippen LogP) is 2.23. The summed E-state index contributed by atoms with van der Waals surface area (Å²) in [5.74, 6) is -1.44. The summed E-state index contributed by atoms with van der Waals surface area (Å²) in [6.45, 7) is 4.95. The van der Waals surface area contributed by atoms with Crippen molar-refractivity contribution in [2.45, 2.75) is 6.92 Å². The van der Waals surface area contributed by atoms with Crippen molar-refractivity contribution in [2.75, 3.05) is 0 Å². The second-order valence-corrected chi connectivity index (χ2v) is 2.75. The van der Waals surface area contributed by atoms with Gasteiger partial charge in [0.15, 0.2) is 0 Å². The fourth-order valence-corrected chi connectivity index (χ4v) is 0.956. The van der Waals surface area contributed by atoms with Crippen LogP contribution in [0.25, 0.3) is 5.57 Å². The van der Waals surface area contributed by atoms with Crippen molar-refractivity contribution < 1.29 is 14.3 Å². The predicted molar refractivity (Wildman–Crippen MR) is 47.8 cm³/mol. The Balaban J connectivity index is 3.11. The molecule has 0 unspecified atom stereocenters. The van der Waals surface area contributed by atoms with Gasteiger partial charge in [0.1, 0.15) is 5.82 Å². The van der Waals surface area contributed by atoms with Crippen LogP contribution in [0.1, 0.15) is 11.1 Å². The van der Waals surface area contributed by atoms with E-state index in [1.165, 1.54) is 18.2 Å². The third kappa shape index (κ3) is 1.93. The monoisotopic (exact) mass is 180 g/mol. The Kier molecular flexibility index (Phi) is 2.46. The molecule has 0 saturated carbocycles. The molecule has 0 aliphatic carbocycles. The number of hydrogen-bond donors (Lipinski definition) is 1. The van der Waals surface area contributed by atoms with E-state index in [9.17, 15) is 9.18 Å². The number of rotatable bonds is 2. The molecule has 0 radical (unpaired) electrons. The smallest absolute Gasteiger partial charge is 0.335 e. The Bertz CT molecular complexity index is 369. The van der Waals surface area contributed by atoms with E-state index in [-0.39, 0.29) is 11.4 Å². The minimum absolute atomic E-state index is 0.0249. The van der Waals surface area contributed by atoms with Gasteiger partial charge in [0, 0.05) is 0 Å². The average molecular weight is 180 g/mol. The van der Waals surface area contributed by atoms with Crippen molar-refractivity contribution in [1.29, 1.82) is 0 Å². The zero-order valence-electron chi connectivity index (χ0n) is 7.17. The molecule has 0 heterocycles. The molecule has 1 N–H and O–H groups in total. The first kappa shape index (κ1) is 9.45. The van der Waals surface area contributed by atoms with Crippen LogP contribution in [0.5, 0.6) is 0 Å². The van der Waals surface area contributed by atoms with Gasteiger partial charge in [-0.05, 0) is 30.2 Å². The van der Waals surface area contributed by atoms with Gasteiger partial charge in [-0.15, -0.1) is 0 Å². The van der Waals surface area contributed by atoms with Crippen LogP contribution in [-0.4, -0.2) is 11.1 Å². The molecule has 1 rings (SSSR count). The highest BCUT2D eigenvalue weighted by Gasteiger charge is 2.08. The molecule has 13 heavy (non-hydrogen) atoms. The number of benzene rings is 1. The second-order valence-electron chi connectivity index (χ2n) is 2.75. The highest BCUT2D eigenvalue weighted by Crippen LogP contribution is 2.16. The van der Waals surface area contributed by atoms with Crippen molar-refractivity contribution in [3.05, 3.63) is 41.7 Å². The van der Waals surface area contributed by atoms with E-state index < -0.39 is 5.97 Å². The molecule has 0 aromatic heterocycles. The Hall–Kier alpha value is -1.64. The van der Waals surface area contributed by atoms with Gasteiger partial charge in [-0.2, -0.15) is 0 Å². The molecule has 3 heteroatoms. The van der Waals surface area contributed by atoms with E-state index >= 15 is 0 Å². The number of carboxylic acids is 1. The Morgan fingerprint density at radius 2 is 2.15 bits per heavy atom. The number of hydrogen-bond acceptors (Lipinski definition) is 1. The first-order chi connectivity index (χ1) is 6.02. The zero-order valence-corrected chi connectivity index (χ0v) is 7.17. The van der Waals surface area contributed by atoms with E-state index in [2.05, 4.69) is 6.58 Å². The maximum absolute atomic E-state index is 12.8. The third-order valence-electron chi connectivity index (χ3n) is 1.76. The van der Waals surface area contributed by atoms with Crippen LogP contribution in [-0.2, 0) is 4.79 Å². The lowest BCUT2D eigenvalue weighted by Gasteiger charge is -2.02.